The van der Waals surface area contributed by atoms with Gasteiger partial charge in [0.05, 0.1) is 0 Å². The third-order valence-electron chi connectivity index (χ3n) is 2.73. The van der Waals surface area contributed by atoms with Crippen molar-refractivity contribution in [1.29, 1.82) is 0 Å². The fraction of sp³-hybridized carbons (Fsp3) is 0.133. The summed E-state index contributed by atoms with van der Waals surface area (Å²) in [6.07, 6.45) is -0.566. The minimum atomic E-state index is -0.593. The smallest absolute Gasteiger partial charge is 0.274 e. The molecule has 2 aromatic carbocycles. The Morgan fingerprint density at radius 1 is 1.15 bits per heavy atom. The lowest BCUT2D eigenvalue weighted by atomic mass is 10.2. The van der Waals surface area contributed by atoms with Gasteiger partial charge in [-0.05, 0) is 18.2 Å². The van der Waals surface area contributed by atoms with Crippen LogP contribution in [0.25, 0.3) is 0 Å². The molecule has 20 heavy (non-hydrogen) atoms. The van der Waals surface area contributed by atoms with Crippen molar-refractivity contribution in [2.45, 2.75) is 6.29 Å². The summed E-state index contributed by atoms with van der Waals surface area (Å²) in [7, 11) is 1.54. The molecule has 5 heteroatoms. The summed E-state index contributed by atoms with van der Waals surface area (Å²) in [5.74, 6) is -0.120. The van der Waals surface area contributed by atoms with Gasteiger partial charge in [-0.25, -0.2) is 5.48 Å². The number of carbonyl (C=O) groups is 1. The van der Waals surface area contributed by atoms with Gasteiger partial charge in [-0.3, -0.25) is 10.0 Å². The molecule has 0 fully saturated rings. The van der Waals surface area contributed by atoms with Crippen LogP contribution in [-0.4, -0.2) is 18.2 Å². The van der Waals surface area contributed by atoms with Crippen LogP contribution in [0.4, 0.5) is 0 Å². The Morgan fingerprint density at radius 2 is 1.90 bits per heavy atom. The van der Waals surface area contributed by atoms with Crippen molar-refractivity contribution in [3.8, 4) is 5.75 Å². The van der Waals surface area contributed by atoms with E-state index < -0.39 is 12.2 Å². The number of methoxy groups -OCH3 is 1. The van der Waals surface area contributed by atoms with Gasteiger partial charge in [-0.1, -0.05) is 36.4 Å². The van der Waals surface area contributed by atoms with E-state index in [4.69, 9.17) is 14.7 Å². The molecular formula is C15H15NO4. The van der Waals surface area contributed by atoms with E-state index in [1.54, 1.807) is 30.8 Å². The molecule has 0 saturated carbocycles. The zero-order valence-corrected chi connectivity index (χ0v) is 10.9. The van der Waals surface area contributed by atoms with Crippen molar-refractivity contribution in [3.63, 3.8) is 0 Å². The lowest BCUT2D eigenvalue weighted by molar-refractivity contribution is -0.0562. The summed E-state index contributed by atoms with van der Waals surface area (Å²) < 4.78 is 11.0. The lowest BCUT2D eigenvalue weighted by Gasteiger charge is -2.18. The maximum atomic E-state index is 11.3. The summed E-state index contributed by atoms with van der Waals surface area (Å²) in [6.45, 7) is 0. The second-order valence-electron chi connectivity index (χ2n) is 4.06. The fourth-order valence-corrected chi connectivity index (χ4v) is 1.76. The molecule has 2 N–H and O–H groups in total. The number of benzene rings is 2. The molecule has 1 atom stereocenters. The Labute approximate surface area is 116 Å². The third kappa shape index (κ3) is 3.34. The highest BCUT2D eigenvalue weighted by Gasteiger charge is 2.13. The standard InChI is InChI=1S/C15H15NO4/c1-19-15(11-6-3-2-4-7-11)20-13-9-5-8-12(10-13)14(17)16-18/h2-10,15,18H,1H3,(H,16,17). The molecule has 2 aromatic rings. The van der Waals surface area contributed by atoms with Crippen LogP contribution in [0, 0.1) is 0 Å². The van der Waals surface area contributed by atoms with Gasteiger partial charge < -0.3 is 9.47 Å². The number of amides is 1. The molecule has 5 nitrogen and oxygen atoms in total. The predicted octanol–water partition coefficient (Wildman–Crippen LogP) is 2.53. The average Bonchev–Trinajstić information content (AvgIpc) is 2.53. The average molecular weight is 273 g/mol. The first-order valence-corrected chi connectivity index (χ1v) is 6.03. The monoisotopic (exact) mass is 273 g/mol. The van der Waals surface area contributed by atoms with Crippen LogP contribution >= 0.6 is 0 Å². The molecule has 0 saturated heterocycles. The van der Waals surface area contributed by atoms with Crippen LogP contribution < -0.4 is 10.2 Å². The number of nitrogens with one attached hydrogen (secondary N) is 1. The molecule has 0 aliphatic rings. The minimum absolute atomic E-state index is 0.299. The molecule has 1 amide bonds. The molecule has 0 aromatic heterocycles. The van der Waals surface area contributed by atoms with Gasteiger partial charge in [-0.2, -0.15) is 0 Å². The first-order chi connectivity index (χ1) is 9.74. The van der Waals surface area contributed by atoms with Gasteiger partial charge in [0.1, 0.15) is 5.75 Å². The van der Waals surface area contributed by atoms with Crippen LogP contribution in [-0.2, 0) is 4.74 Å². The second kappa shape index (κ2) is 6.70. The summed E-state index contributed by atoms with van der Waals surface area (Å²) in [6, 6.07) is 15.9. The molecule has 2 rings (SSSR count). The summed E-state index contributed by atoms with van der Waals surface area (Å²) in [5, 5.41) is 8.62. The predicted molar refractivity (Wildman–Crippen MR) is 72.5 cm³/mol. The quantitative estimate of drug-likeness (QED) is 0.499. The summed E-state index contributed by atoms with van der Waals surface area (Å²) in [4.78, 5) is 11.3. The highest BCUT2D eigenvalue weighted by atomic mass is 16.7. The molecule has 0 aliphatic heterocycles. The van der Waals surface area contributed by atoms with Crippen LogP contribution in [0.3, 0.4) is 0 Å². The van der Waals surface area contributed by atoms with E-state index in [1.165, 1.54) is 6.07 Å². The largest absolute Gasteiger partial charge is 0.461 e. The molecule has 0 radical (unpaired) electrons. The van der Waals surface area contributed by atoms with E-state index in [0.29, 0.717) is 11.3 Å². The number of hydroxylamine groups is 1. The molecule has 1 unspecified atom stereocenters. The lowest BCUT2D eigenvalue weighted by Crippen LogP contribution is -2.18. The van der Waals surface area contributed by atoms with Gasteiger partial charge >= 0.3 is 0 Å². The zero-order valence-electron chi connectivity index (χ0n) is 10.9. The first-order valence-electron chi connectivity index (χ1n) is 6.03. The minimum Gasteiger partial charge on any atom is -0.461 e. The highest BCUT2D eigenvalue weighted by Crippen LogP contribution is 2.23. The summed E-state index contributed by atoms with van der Waals surface area (Å²) in [5.41, 5.74) is 2.75. The Morgan fingerprint density at radius 3 is 2.55 bits per heavy atom. The molecule has 0 aliphatic carbocycles. The van der Waals surface area contributed by atoms with Crippen molar-refractivity contribution in [2.24, 2.45) is 0 Å². The molecular weight excluding hydrogens is 258 g/mol. The fourth-order valence-electron chi connectivity index (χ4n) is 1.76. The number of hydrogen-bond donors (Lipinski definition) is 2. The summed E-state index contributed by atoms with van der Waals surface area (Å²) >= 11 is 0. The van der Waals surface area contributed by atoms with Gasteiger partial charge in [0.2, 0.25) is 6.29 Å². The topological polar surface area (TPSA) is 67.8 Å². The van der Waals surface area contributed by atoms with E-state index in [9.17, 15) is 4.79 Å². The van der Waals surface area contributed by atoms with Crippen LogP contribution in [0.2, 0.25) is 0 Å². The van der Waals surface area contributed by atoms with Gasteiger partial charge in [0.15, 0.2) is 0 Å². The Hall–Kier alpha value is -2.37. The number of rotatable bonds is 5. The van der Waals surface area contributed by atoms with Crippen LogP contribution in [0.1, 0.15) is 22.2 Å². The molecule has 0 heterocycles. The van der Waals surface area contributed by atoms with Gasteiger partial charge in [-0.15, -0.1) is 0 Å². The van der Waals surface area contributed by atoms with E-state index in [-0.39, 0.29) is 0 Å². The van der Waals surface area contributed by atoms with Gasteiger partial charge in [0.25, 0.3) is 5.91 Å². The Bertz CT molecular complexity index is 571. The Kier molecular flexibility index (Phi) is 4.70. The molecule has 104 valence electrons. The number of hydrogen-bond acceptors (Lipinski definition) is 4. The van der Waals surface area contributed by atoms with Gasteiger partial charge in [0, 0.05) is 18.2 Å². The second-order valence-corrected chi connectivity index (χ2v) is 4.06. The zero-order chi connectivity index (χ0) is 14.4. The third-order valence-corrected chi connectivity index (χ3v) is 2.73. The molecule has 0 spiro atoms. The maximum Gasteiger partial charge on any atom is 0.274 e. The van der Waals surface area contributed by atoms with E-state index >= 15 is 0 Å². The van der Waals surface area contributed by atoms with Crippen molar-refractivity contribution in [3.05, 3.63) is 65.7 Å². The van der Waals surface area contributed by atoms with Crippen molar-refractivity contribution in [1.82, 2.24) is 5.48 Å². The van der Waals surface area contributed by atoms with Crippen LogP contribution in [0.5, 0.6) is 5.75 Å². The van der Waals surface area contributed by atoms with Crippen LogP contribution in [0.15, 0.2) is 54.6 Å². The number of carbonyl (C=O) groups excluding carboxylic acids is 1. The van der Waals surface area contributed by atoms with Crippen molar-refractivity contribution >= 4 is 5.91 Å². The highest BCUT2D eigenvalue weighted by molar-refractivity contribution is 5.93. The molecule has 0 bridgehead atoms. The van der Waals surface area contributed by atoms with E-state index in [1.807, 2.05) is 30.3 Å². The SMILES string of the molecule is COC(Oc1cccc(C(=O)NO)c1)c1ccccc1. The first kappa shape index (κ1) is 14.0. The van der Waals surface area contributed by atoms with E-state index in [0.717, 1.165) is 5.56 Å². The van der Waals surface area contributed by atoms with Crippen molar-refractivity contribution < 1.29 is 19.5 Å². The normalized spacial score (nSPS) is 11.7. The Balaban J connectivity index is 2.18. The van der Waals surface area contributed by atoms with Crippen molar-refractivity contribution in [2.75, 3.05) is 7.11 Å². The van der Waals surface area contributed by atoms with E-state index in [2.05, 4.69) is 0 Å². The maximum absolute atomic E-state index is 11.3. The number of ether oxygens (including phenoxy) is 2.